The van der Waals surface area contributed by atoms with Gasteiger partial charge in [0.15, 0.2) is 0 Å². The molecular formula is C13H13NO2. The number of carbonyl (C=O) groups excluding carboxylic acids is 2. The van der Waals surface area contributed by atoms with Crippen LogP contribution in [0.5, 0.6) is 0 Å². The SMILES string of the molecule is CC(C)=CCc1ccc2c(c1)C(=O)C(=O)N2. The van der Waals surface area contributed by atoms with E-state index in [0.717, 1.165) is 12.0 Å². The van der Waals surface area contributed by atoms with Gasteiger partial charge in [-0.25, -0.2) is 0 Å². The lowest BCUT2D eigenvalue weighted by Crippen LogP contribution is -2.12. The lowest BCUT2D eigenvalue weighted by Gasteiger charge is -2.00. The summed E-state index contributed by atoms with van der Waals surface area (Å²) in [6, 6.07) is 5.50. The molecule has 0 fully saturated rings. The summed E-state index contributed by atoms with van der Waals surface area (Å²) in [4.78, 5) is 22.6. The Morgan fingerprint density at radius 2 is 2.06 bits per heavy atom. The molecule has 16 heavy (non-hydrogen) atoms. The Balaban J connectivity index is 2.31. The molecular weight excluding hydrogens is 202 g/mol. The molecule has 1 aliphatic rings. The summed E-state index contributed by atoms with van der Waals surface area (Å²) in [6.45, 7) is 4.06. The maximum absolute atomic E-state index is 11.5. The molecule has 82 valence electrons. The van der Waals surface area contributed by atoms with Gasteiger partial charge in [-0.15, -0.1) is 0 Å². The van der Waals surface area contributed by atoms with Crippen LogP contribution < -0.4 is 5.32 Å². The van der Waals surface area contributed by atoms with Gasteiger partial charge in [0.1, 0.15) is 0 Å². The Morgan fingerprint density at radius 1 is 1.31 bits per heavy atom. The topological polar surface area (TPSA) is 46.2 Å². The van der Waals surface area contributed by atoms with E-state index in [1.807, 2.05) is 19.9 Å². The fourth-order valence-electron chi connectivity index (χ4n) is 1.64. The highest BCUT2D eigenvalue weighted by molar-refractivity contribution is 6.51. The second-order valence-electron chi connectivity index (χ2n) is 4.15. The first kappa shape index (κ1) is 10.6. The number of ketones is 1. The number of rotatable bonds is 2. The predicted octanol–water partition coefficient (Wildman–Crippen LogP) is 2.33. The summed E-state index contributed by atoms with van der Waals surface area (Å²) in [6.07, 6.45) is 2.88. The number of anilines is 1. The smallest absolute Gasteiger partial charge is 0.296 e. The van der Waals surface area contributed by atoms with E-state index in [2.05, 4.69) is 11.4 Å². The van der Waals surface area contributed by atoms with Crippen LogP contribution in [0.4, 0.5) is 5.69 Å². The van der Waals surface area contributed by atoms with Gasteiger partial charge in [-0.2, -0.15) is 0 Å². The van der Waals surface area contributed by atoms with Gasteiger partial charge < -0.3 is 5.32 Å². The van der Waals surface area contributed by atoms with Gasteiger partial charge in [-0.1, -0.05) is 17.7 Å². The third kappa shape index (κ3) is 1.89. The van der Waals surface area contributed by atoms with Crippen molar-refractivity contribution >= 4 is 17.4 Å². The molecule has 0 saturated heterocycles. The normalized spacial score (nSPS) is 13.4. The van der Waals surface area contributed by atoms with Crippen molar-refractivity contribution in [2.24, 2.45) is 0 Å². The average molecular weight is 215 g/mol. The van der Waals surface area contributed by atoms with Crippen molar-refractivity contribution < 1.29 is 9.59 Å². The standard InChI is InChI=1S/C13H13NO2/c1-8(2)3-4-9-5-6-11-10(7-9)12(15)13(16)14-11/h3,5-7H,4H2,1-2H3,(H,14,15,16). The Hall–Kier alpha value is -1.90. The number of amides is 1. The van der Waals surface area contributed by atoms with E-state index in [1.165, 1.54) is 5.57 Å². The number of benzene rings is 1. The van der Waals surface area contributed by atoms with Crippen LogP contribution in [-0.2, 0) is 11.2 Å². The van der Waals surface area contributed by atoms with Crippen LogP contribution in [0.2, 0.25) is 0 Å². The van der Waals surface area contributed by atoms with Crippen molar-refractivity contribution in [1.82, 2.24) is 0 Å². The Bertz CT molecular complexity index is 497. The third-order valence-corrected chi connectivity index (χ3v) is 2.53. The van der Waals surface area contributed by atoms with Crippen molar-refractivity contribution in [3.63, 3.8) is 0 Å². The van der Waals surface area contributed by atoms with Gasteiger partial charge in [0.25, 0.3) is 11.7 Å². The van der Waals surface area contributed by atoms with E-state index in [4.69, 9.17) is 0 Å². The molecule has 0 aliphatic carbocycles. The molecule has 1 amide bonds. The number of allylic oxidation sites excluding steroid dienone is 2. The molecule has 0 saturated carbocycles. The molecule has 0 bridgehead atoms. The van der Waals surface area contributed by atoms with Gasteiger partial charge in [-0.3, -0.25) is 9.59 Å². The summed E-state index contributed by atoms with van der Waals surface area (Å²) >= 11 is 0. The lowest BCUT2D eigenvalue weighted by molar-refractivity contribution is -0.112. The molecule has 1 aromatic carbocycles. The van der Waals surface area contributed by atoms with E-state index >= 15 is 0 Å². The molecule has 0 atom stereocenters. The summed E-state index contributed by atoms with van der Waals surface area (Å²) in [5, 5.41) is 2.54. The second kappa shape index (κ2) is 3.93. The zero-order valence-corrected chi connectivity index (χ0v) is 9.33. The maximum atomic E-state index is 11.5. The maximum Gasteiger partial charge on any atom is 0.296 e. The quantitative estimate of drug-likeness (QED) is 0.608. The van der Waals surface area contributed by atoms with Gasteiger partial charge in [0.2, 0.25) is 0 Å². The zero-order chi connectivity index (χ0) is 11.7. The largest absolute Gasteiger partial charge is 0.318 e. The minimum absolute atomic E-state index is 0.436. The van der Waals surface area contributed by atoms with Crippen LogP contribution >= 0.6 is 0 Å². The van der Waals surface area contributed by atoms with Crippen LogP contribution in [0, 0.1) is 0 Å². The van der Waals surface area contributed by atoms with E-state index in [9.17, 15) is 9.59 Å². The highest BCUT2D eigenvalue weighted by Gasteiger charge is 2.27. The number of Topliss-reactive ketones (excluding diaryl/α,β-unsaturated/α-hetero) is 1. The van der Waals surface area contributed by atoms with Crippen molar-refractivity contribution in [3.05, 3.63) is 41.0 Å². The molecule has 1 N–H and O–H groups in total. The summed E-state index contributed by atoms with van der Waals surface area (Å²) in [5.74, 6) is -0.969. The highest BCUT2D eigenvalue weighted by Crippen LogP contribution is 2.24. The van der Waals surface area contributed by atoms with Crippen LogP contribution in [-0.4, -0.2) is 11.7 Å². The van der Waals surface area contributed by atoms with Crippen LogP contribution in [0.1, 0.15) is 29.8 Å². The zero-order valence-electron chi connectivity index (χ0n) is 9.33. The molecule has 0 radical (unpaired) electrons. The fraction of sp³-hybridized carbons (Fsp3) is 0.231. The van der Waals surface area contributed by atoms with E-state index in [-0.39, 0.29) is 0 Å². The van der Waals surface area contributed by atoms with E-state index < -0.39 is 11.7 Å². The molecule has 0 unspecified atom stereocenters. The van der Waals surface area contributed by atoms with E-state index in [1.54, 1.807) is 12.1 Å². The molecule has 3 heteroatoms. The van der Waals surface area contributed by atoms with Crippen molar-refractivity contribution in [1.29, 1.82) is 0 Å². The first-order valence-electron chi connectivity index (χ1n) is 5.20. The summed E-state index contributed by atoms with van der Waals surface area (Å²) in [7, 11) is 0. The predicted molar refractivity (Wildman–Crippen MR) is 62.5 cm³/mol. The molecule has 1 aromatic rings. The monoisotopic (exact) mass is 215 g/mol. The molecule has 1 heterocycles. The first-order valence-corrected chi connectivity index (χ1v) is 5.20. The summed E-state index contributed by atoms with van der Waals surface area (Å²) in [5.41, 5.74) is 3.39. The van der Waals surface area contributed by atoms with Gasteiger partial charge in [0.05, 0.1) is 11.3 Å². The third-order valence-electron chi connectivity index (χ3n) is 2.53. The van der Waals surface area contributed by atoms with Crippen molar-refractivity contribution in [3.8, 4) is 0 Å². The van der Waals surface area contributed by atoms with E-state index in [0.29, 0.717) is 11.3 Å². The van der Waals surface area contributed by atoms with Crippen LogP contribution in [0.25, 0.3) is 0 Å². The number of carbonyl (C=O) groups is 2. The number of nitrogens with one attached hydrogen (secondary N) is 1. The minimum atomic E-state index is -0.533. The highest BCUT2D eigenvalue weighted by atomic mass is 16.2. The average Bonchev–Trinajstić information content (AvgIpc) is 2.52. The Labute approximate surface area is 94.2 Å². The van der Waals surface area contributed by atoms with Crippen LogP contribution in [0.3, 0.4) is 0 Å². The number of hydrogen-bond donors (Lipinski definition) is 1. The Kier molecular flexibility index (Phi) is 2.60. The second-order valence-corrected chi connectivity index (χ2v) is 4.15. The fourth-order valence-corrected chi connectivity index (χ4v) is 1.64. The van der Waals surface area contributed by atoms with Gasteiger partial charge in [0, 0.05) is 0 Å². The van der Waals surface area contributed by atoms with Crippen molar-refractivity contribution in [2.75, 3.05) is 5.32 Å². The minimum Gasteiger partial charge on any atom is -0.318 e. The number of fused-ring (bicyclic) bond motifs is 1. The summed E-state index contributed by atoms with van der Waals surface area (Å²) < 4.78 is 0. The molecule has 0 aromatic heterocycles. The number of hydrogen-bond acceptors (Lipinski definition) is 2. The lowest BCUT2D eigenvalue weighted by atomic mass is 10.0. The molecule has 0 spiro atoms. The Morgan fingerprint density at radius 3 is 2.75 bits per heavy atom. The molecule has 1 aliphatic heterocycles. The molecule has 2 rings (SSSR count). The van der Waals surface area contributed by atoms with Gasteiger partial charge in [-0.05, 0) is 38.0 Å². The van der Waals surface area contributed by atoms with Crippen LogP contribution in [0.15, 0.2) is 29.8 Å². The van der Waals surface area contributed by atoms with Crippen molar-refractivity contribution in [2.45, 2.75) is 20.3 Å². The first-order chi connectivity index (χ1) is 7.58. The van der Waals surface area contributed by atoms with Gasteiger partial charge >= 0.3 is 0 Å². The molecule has 3 nitrogen and oxygen atoms in total.